The number of benzene rings is 1. The fraction of sp³-hybridized carbons (Fsp3) is 0.176. The second-order valence-electron chi connectivity index (χ2n) is 5.33. The number of fused-ring (bicyclic) bond motifs is 1. The van der Waals surface area contributed by atoms with Crippen molar-refractivity contribution < 1.29 is 9.18 Å². The van der Waals surface area contributed by atoms with Crippen molar-refractivity contribution in [1.29, 1.82) is 0 Å². The van der Waals surface area contributed by atoms with E-state index >= 15 is 0 Å². The molecule has 0 saturated carbocycles. The van der Waals surface area contributed by atoms with E-state index in [1.807, 2.05) is 13.8 Å². The molecule has 0 bridgehead atoms. The maximum absolute atomic E-state index is 13.5. The number of rotatable bonds is 3. The number of amides is 1. The van der Waals surface area contributed by atoms with Crippen molar-refractivity contribution in [1.82, 2.24) is 14.8 Å². The summed E-state index contributed by atoms with van der Waals surface area (Å²) in [5.41, 5.74) is 0.492. The van der Waals surface area contributed by atoms with Gasteiger partial charge in [-0.2, -0.15) is 5.10 Å². The van der Waals surface area contributed by atoms with Crippen molar-refractivity contribution in [2.45, 2.75) is 20.4 Å². The molecule has 1 N–H and O–H groups in total. The van der Waals surface area contributed by atoms with Crippen LogP contribution in [-0.4, -0.2) is 20.7 Å². The first-order valence-corrected chi connectivity index (χ1v) is 7.44. The molecule has 7 heteroatoms. The van der Waals surface area contributed by atoms with Gasteiger partial charge in [0.15, 0.2) is 5.69 Å². The van der Waals surface area contributed by atoms with E-state index in [0.717, 1.165) is 11.6 Å². The summed E-state index contributed by atoms with van der Waals surface area (Å²) in [5, 5.41) is 6.78. The largest absolute Gasteiger partial charge is 0.305 e. The van der Waals surface area contributed by atoms with Crippen molar-refractivity contribution in [2.24, 2.45) is 0 Å². The van der Waals surface area contributed by atoms with Gasteiger partial charge in [0.05, 0.1) is 10.9 Å². The number of halogens is 1. The summed E-state index contributed by atoms with van der Waals surface area (Å²) in [5.74, 6) is -0.893. The fourth-order valence-electron chi connectivity index (χ4n) is 2.43. The summed E-state index contributed by atoms with van der Waals surface area (Å²) in [4.78, 5) is 29.0. The lowest BCUT2D eigenvalue weighted by atomic mass is 10.2. The van der Waals surface area contributed by atoms with E-state index in [4.69, 9.17) is 0 Å². The molecule has 122 valence electrons. The minimum Gasteiger partial charge on any atom is -0.305 e. The van der Waals surface area contributed by atoms with Gasteiger partial charge in [-0.3, -0.25) is 14.3 Å². The van der Waals surface area contributed by atoms with E-state index < -0.39 is 17.2 Å². The molecule has 3 rings (SSSR count). The summed E-state index contributed by atoms with van der Waals surface area (Å²) < 4.78 is 15.0. The number of hydrogen-bond acceptors (Lipinski definition) is 4. The van der Waals surface area contributed by atoms with Gasteiger partial charge < -0.3 is 5.32 Å². The molecule has 1 amide bonds. The molecule has 1 aromatic carbocycles. The van der Waals surface area contributed by atoms with Crippen LogP contribution in [0.1, 0.15) is 23.0 Å². The lowest BCUT2D eigenvalue weighted by Crippen LogP contribution is -2.27. The highest BCUT2D eigenvalue weighted by Crippen LogP contribution is 2.13. The SMILES string of the molecule is CCn1nc(C(=O)Nc2cc(C)ccn2)c(=O)c2cc(F)ccc21. The summed E-state index contributed by atoms with van der Waals surface area (Å²) in [6.45, 7) is 4.12. The number of anilines is 1. The Labute approximate surface area is 137 Å². The van der Waals surface area contributed by atoms with Gasteiger partial charge in [0.1, 0.15) is 11.6 Å². The molecule has 0 spiro atoms. The van der Waals surface area contributed by atoms with Crippen molar-refractivity contribution in [3.8, 4) is 0 Å². The van der Waals surface area contributed by atoms with Gasteiger partial charge in [-0.15, -0.1) is 0 Å². The molecular formula is C17H15FN4O2. The quantitative estimate of drug-likeness (QED) is 0.802. The molecule has 0 unspecified atom stereocenters. The third-order valence-electron chi connectivity index (χ3n) is 3.59. The molecule has 2 aromatic heterocycles. The van der Waals surface area contributed by atoms with E-state index in [2.05, 4.69) is 15.4 Å². The van der Waals surface area contributed by atoms with Crippen LogP contribution in [0.25, 0.3) is 10.9 Å². The number of nitrogens with zero attached hydrogens (tertiary/aromatic N) is 3. The predicted octanol–water partition coefficient (Wildman–Crippen LogP) is 2.51. The normalized spacial score (nSPS) is 10.8. The van der Waals surface area contributed by atoms with Crippen molar-refractivity contribution >= 4 is 22.6 Å². The molecule has 24 heavy (non-hydrogen) atoms. The summed E-state index contributed by atoms with van der Waals surface area (Å²) >= 11 is 0. The van der Waals surface area contributed by atoms with Gasteiger partial charge in [0, 0.05) is 12.7 Å². The smallest absolute Gasteiger partial charge is 0.281 e. The van der Waals surface area contributed by atoms with Crippen LogP contribution in [0.3, 0.4) is 0 Å². The molecular weight excluding hydrogens is 311 g/mol. The maximum Gasteiger partial charge on any atom is 0.281 e. The van der Waals surface area contributed by atoms with E-state index in [1.54, 1.807) is 18.3 Å². The molecule has 6 nitrogen and oxygen atoms in total. The van der Waals surface area contributed by atoms with E-state index in [1.165, 1.54) is 16.8 Å². The Bertz CT molecular complexity index is 998. The lowest BCUT2D eigenvalue weighted by molar-refractivity contribution is 0.101. The lowest BCUT2D eigenvalue weighted by Gasteiger charge is -2.10. The van der Waals surface area contributed by atoms with E-state index in [9.17, 15) is 14.0 Å². The Balaban J connectivity index is 2.10. The third kappa shape index (κ3) is 2.88. The summed E-state index contributed by atoms with van der Waals surface area (Å²) in [7, 11) is 0. The fourth-order valence-corrected chi connectivity index (χ4v) is 2.43. The number of aryl methyl sites for hydroxylation is 2. The van der Waals surface area contributed by atoms with Crippen LogP contribution >= 0.6 is 0 Å². The van der Waals surface area contributed by atoms with Crippen LogP contribution in [0.2, 0.25) is 0 Å². The summed E-state index contributed by atoms with van der Waals surface area (Å²) in [6, 6.07) is 7.32. The number of pyridine rings is 1. The van der Waals surface area contributed by atoms with Crippen LogP contribution in [0, 0.1) is 12.7 Å². The monoisotopic (exact) mass is 326 g/mol. The first-order chi connectivity index (χ1) is 11.5. The first kappa shape index (κ1) is 15.8. The van der Waals surface area contributed by atoms with Gasteiger partial charge in [-0.05, 0) is 49.7 Å². The molecule has 0 atom stereocenters. The molecule has 0 fully saturated rings. The minimum absolute atomic E-state index is 0.120. The number of aromatic nitrogens is 3. The van der Waals surface area contributed by atoms with Gasteiger partial charge >= 0.3 is 0 Å². The van der Waals surface area contributed by atoms with Gasteiger partial charge in [-0.1, -0.05) is 0 Å². The number of hydrogen-bond donors (Lipinski definition) is 1. The number of carbonyl (C=O) groups is 1. The summed E-state index contributed by atoms with van der Waals surface area (Å²) in [6.07, 6.45) is 1.55. The topological polar surface area (TPSA) is 76.9 Å². The Morgan fingerprint density at radius 1 is 1.29 bits per heavy atom. The minimum atomic E-state index is -0.675. The molecule has 0 saturated heterocycles. The van der Waals surface area contributed by atoms with Crippen molar-refractivity contribution in [2.75, 3.05) is 5.32 Å². The number of carbonyl (C=O) groups excluding carboxylic acids is 1. The highest BCUT2D eigenvalue weighted by molar-refractivity contribution is 6.03. The molecule has 2 heterocycles. The average molecular weight is 326 g/mol. The van der Waals surface area contributed by atoms with Crippen molar-refractivity contribution in [3.05, 3.63) is 63.8 Å². The Hall–Kier alpha value is -3.09. The van der Waals surface area contributed by atoms with Gasteiger partial charge in [0.2, 0.25) is 5.43 Å². The van der Waals surface area contributed by atoms with Crippen molar-refractivity contribution in [3.63, 3.8) is 0 Å². The zero-order chi connectivity index (χ0) is 17.3. The van der Waals surface area contributed by atoms with E-state index in [-0.39, 0.29) is 11.1 Å². The second-order valence-corrected chi connectivity index (χ2v) is 5.33. The molecule has 3 aromatic rings. The zero-order valence-electron chi connectivity index (χ0n) is 13.2. The molecule has 0 aliphatic rings. The van der Waals surface area contributed by atoms with Gasteiger partial charge in [-0.25, -0.2) is 9.37 Å². The number of nitrogens with one attached hydrogen (secondary N) is 1. The van der Waals surface area contributed by atoms with Gasteiger partial charge in [0.25, 0.3) is 5.91 Å². The Morgan fingerprint density at radius 2 is 2.08 bits per heavy atom. The molecule has 0 aliphatic carbocycles. The average Bonchev–Trinajstić information content (AvgIpc) is 2.55. The standard InChI is InChI=1S/C17H15FN4O2/c1-3-22-13-5-4-11(18)9-12(13)16(23)15(21-22)17(24)20-14-8-10(2)6-7-19-14/h4-9H,3H2,1-2H3,(H,19,20,24). The predicted molar refractivity (Wildman–Crippen MR) is 88.6 cm³/mol. The second kappa shape index (κ2) is 6.19. The van der Waals surface area contributed by atoms with Crippen LogP contribution < -0.4 is 10.7 Å². The molecule has 0 aliphatic heterocycles. The third-order valence-corrected chi connectivity index (χ3v) is 3.59. The van der Waals surface area contributed by atoms with Crippen LogP contribution in [0.15, 0.2) is 41.3 Å². The zero-order valence-corrected chi connectivity index (χ0v) is 13.2. The van der Waals surface area contributed by atoms with Crippen LogP contribution in [-0.2, 0) is 6.54 Å². The van der Waals surface area contributed by atoms with Crippen LogP contribution in [0.4, 0.5) is 10.2 Å². The van der Waals surface area contributed by atoms with E-state index in [0.29, 0.717) is 17.9 Å². The first-order valence-electron chi connectivity index (χ1n) is 7.44. The van der Waals surface area contributed by atoms with Crippen LogP contribution in [0.5, 0.6) is 0 Å². The Kier molecular flexibility index (Phi) is 4.07. The highest BCUT2D eigenvalue weighted by Gasteiger charge is 2.18. The molecule has 0 radical (unpaired) electrons. The Morgan fingerprint density at radius 3 is 2.79 bits per heavy atom. The highest BCUT2D eigenvalue weighted by atomic mass is 19.1. The maximum atomic E-state index is 13.5.